The average molecular weight is 415 g/mol. The van der Waals surface area contributed by atoms with Crippen molar-refractivity contribution in [1.82, 2.24) is 35.6 Å². The topological polar surface area (TPSA) is 122 Å². The number of rotatable bonds is 5. The highest BCUT2D eigenvalue weighted by molar-refractivity contribution is 5.94. The number of aromatic nitrogens is 6. The predicted octanol–water partition coefficient (Wildman–Crippen LogP) is 2.87. The van der Waals surface area contributed by atoms with E-state index in [9.17, 15) is 18.0 Å². The van der Waals surface area contributed by atoms with E-state index in [1.54, 1.807) is 24.5 Å². The summed E-state index contributed by atoms with van der Waals surface area (Å²) in [6.45, 7) is 0.110. The molecule has 12 heteroatoms. The molecule has 0 spiro atoms. The van der Waals surface area contributed by atoms with Crippen LogP contribution in [-0.4, -0.2) is 36.2 Å². The van der Waals surface area contributed by atoms with Gasteiger partial charge in [-0.25, -0.2) is 4.98 Å². The lowest BCUT2D eigenvalue weighted by atomic mass is 10.1. The molecule has 0 atom stereocenters. The summed E-state index contributed by atoms with van der Waals surface area (Å²) in [5, 5.41) is 12.8. The Kier molecular flexibility index (Phi) is 4.96. The lowest BCUT2D eigenvalue weighted by molar-refractivity contribution is -0.159. The first kappa shape index (κ1) is 19.2. The van der Waals surface area contributed by atoms with Crippen LogP contribution in [0.3, 0.4) is 0 Å². The molecule has 9 nitrogen and oxygen atoms in total. The summed E-state index contributed by atoms with van der Waals surface area (Å²) in [6.07, 6.45) is -1.48. The zero-order valence-electron chi connectivity index (χ0n) is 15.0. The smallest absolute Gasteiger partial charge is 0.345 e. The van der Waals surface area contributed by atoms with E-state index >= 15 is 0 Å². The molecule has 0 saturated carbocycles. The van der Waals surface area contributed by atoms with E-state index in [0.29, 0.717) is 17.2 Å². The number of halogens is 3. The fourth-order valence-corrected chi connectivity index (χ4v) is 2.50. The van der Waals surface area contributed by atoms with Crippen LogP contribution < -0.4 is 5.32 Å². The third kappa shape index (κ3) is 4.16. The van der Waals surface area contributed by atoms with Crippen molar-refractivity contribution in [2.75, 3.05) is 0 Å². The van der Waals surface area contributed by atoms with Crippen LogP contribution in [0.2, 0.25) is 0 Å². The van der Waals surface area contributed by atoms with E-state index in [4.69, 9.17) is 0 Å². The number of aromatic amines is 1. The van der Waals surface area contributed by atoms with Gasteiger partial charge in [-0.3, -0.25) is 14.9 Å². The third-order valence-electron chi connectivity index (χ3n) is 3.96. The molecule has 0 aliphatic rings. The maximum Gasteiger partial charge on any atom is 0.471 e. The number of pyridine rings is 1. The summed E-state index contributed by atoms with van der Waals surface area (Å²) in [4.78, 5) is 23.8. The molecule has 0 fully saturated rings. The van der Waals surface area contributed by atoms with Gasteiger partial charge >= 0.3 is 12.1 Å². The normalized spacial score (nSPS) is 11.4. The Morgan fingerprint density at radius 3 is 2.37 bits per heavy atom. The van der Waals surface area contributed by atoms with Crippen molar-refractivity contribution in [1.29, 1.82) is 0 Å². The molecule has 0 aliphatic heterocycles. The van der Waals surface area contributed by atoms with Crippen LogP contribution in [0.25, 0.3) is 22.8 Å². The number of carbonyl (C=O) groups excluding carboxylic acids is 1. The minimum absolute atomic E-state index is 0.110. The molecule has 0 aliphatic carbocycles. The first-order valence-electron chi connectivity index (χ1n) is 8.51. The molecular formula is C18H12F3N7O2. The second-order valence-corrected chi connectivity index (χ2v) is 6.02. The van der Waals surface area contributed by atoms with Gasteiger partial charge in [-0.2, -0.15) is 23.3 Å². The Bertz CT molecular complexity index is 1150. The lowest BCUT2D eigenvalue weighted by Gasteiger charge is -2.03. The number of carbonyl (C=O) groups is 1. The minimum Gasteiger partial charge on any atom is -0.345 e. The summed E-state index contributed by atoms with van der Waals surface area (Å²) >= 11 is 0. The van der Waals surface area contributed by atoms with E-state index < -0.39 is 18.0 Å². The first-order chi connectivity index (χ1) is 14.4. The molecule has 0 bridgehead atoms. The zero-order valence-corrected chi connectivity index (χ0v) is 15.0. The molecule has 1 amide bonds. The van der Waals surface area contributed by atoms with Crippen molar-refractivity contribution in [3.63, 3.8) is 0 Å². The Morgan fingerprint density at radius 1 is 1.00 bits per heavy atom. The maximum absolute atomic E-state index is 12.5. The Hall–Kier alpha value is -4.09. The number of hydrogen-bond acceptors (Lipinski definition) is 7. The van der Waals surface area contributed by atoms with Crippen LogP contribution in [-0.2, 0) is 12.7 Å². The van der Waals surface area contributed by atoms with Crippen LogP contribution in [0.15, 0.2) is 53.3 Å². The number of alkyl halides is 3. The summed E-state index contributed by atoms with van der Waals surface area (Å²) in [6, 6.07) is 9.25. The summed E-state index contributed by atoms with van der Waals surface area (Å²) in [5.74, 6) is -1.12. The predicted molar refractivity (Wildman–Crippen MR) is 95.5 cm³/mol. The molecular weight excluding hydrogens is 403 g/mol. The number of amides is 1. The van der Waals surface area contributed by atoms with Crippen molar-refractivity contribution in [2.24, 2.45) is 0 Å². The van der Waals surface area contributed by atoms with Gasteiger partial charge in [0.25, 0.3) is 5.91 Å². The Morgan fingerprint density at radius 2 is 1.70 bits per heavy atom. The Labute approximate surface area is 166 Å². The lowest BCUT2D eigenvalue weighted by Crippen LogP contribution is -2.23. The van der Waals surface area contributed by atoms with E-state index in [2.05, 4.69) is 40.1 Å². The van der Waals surface area contributed by atoms with Gasteiger partial charge in [-0.1, -0.05) is 17.3 Å². The number of nitrogens with one attached hydrogen (secondary N) is 2. The van der Waals surface area contributed by atoms with E-state index in [1.807, 2.05) is 0 Å². The molecule has 0 saturated heterocycles. The van der Waals surface area contributed by atoms with Crippen LogP contribution in [0.1, 0.15) is 22.1 Å². The van der Waals surface area contributed by atoms with Gasteiger partial charge in [0.15, 0.2) is 5.82 Å². The molecule has 0 radical (unpaired) electrons. The third-order valence-corrected chi connectivity index (χ3v) is 3.96. The summed E-state index contributed by atoms with van der Waals surface area (Å²) < 4.78 is 41.8. The van der Waals surface area contributed by atoms with Crippen LogP contribution in [0.4, 0.5) is 13.2 Å². The summed E-state index contributed by atoms with van der Waals surface area (Å²) in [7, 11) is 0. The highest BCUT2D eigenvalue weighted by Gasteiger charge is 2.38. The molecule has 152 valence electrons. The molecule has 3 aromatic heterocycles. The Balaban J connectivity index is 1.39. The van der Waals surface area contributed by atoms with Crippen LogP contribution >= 0.6 is 0 Å². The SMILES string of the molecule is O=C(NCc1nc(-c2ccncc2)n[nH]1)c1ccc(-c2noc(C(F)(F)F)n2)cc1. The largest absolute Gasteiger partial charge is 0.471 e. The van der Waals surface area contributed by atoms with Gasteiger partial charge < -0.3 is 9.84 Å². The standard InChI is InChI=1S/C18H12F3N7O2/c19-18(20,21)17-25-15(28-30-17)10-1-3-12(4-2-10)16(29)23-9-13-24-14(27-26-13)11-5-7-22-8-6-11/h1-8H,9H2,(H,23,29)(H,24,26,27). The molecule has 0 unspecified atom stereocenters. The van der Waals surface area contributed by atoms with Crippen molar-refractivity contribution in [3.8, 4) is 22.8 Å². The van der Waals surface area contributed by atoms with Crippen molar-refractivity contribution in [3.05, 3.63) is 66.1 Å². The van der Waals surface area contributed by atoms with Crippen molar-refractivity contribution >= 4 is 5.91 Å². The quantitative estimate of drug-likeness (QED) is 0.514. The monoisotopic (exact) mass is 415 g/mol. The van der Waals surface area contributed by atoms with E-state index in [0.717, 1.165) is 5.56 Å². The summed E-state index contributed by atoms with van der Waals surface area (Å²) in [5.41, 5.74) is 1.36. The van der Waals surface area contributed by atoms with Crippen LogP contribution in [0.5, 0.6) is 0 Å². The van der Waals surface area contributed by atoms with Gasteiger partial charge in [0.1, 0.15) is 5.82 Å². The van der Waals surface area contributed by atoms with Gasteiger partial charge in [0, 0.05) is 29.1 Å². The second-order valence-electron chi connectivity index (χ2n) is 6.02. The van der Waals surface area contributed by atoms with Crippen molar-refractivity contribution < 1.29 is 22.5 Å². The molecule has 1 aromatic carbocycles. The number of H-pyrrole nitrogens is 1. The molecule has 3 heterocycles. The van der Waals surface area contributed by atoms with Gasteiger partial charge in [0.2, 0.25) is 5.82 Å². The fraction of sp³-hybridized carbons (Fsp3) is 0.111. The molecule has 30 heavy (non-hydrogen) atoms. The van der Waals surface area contributed by atoms with Gasteiger partial charge in [0.05, 0.1) is 6.54 Å². The highest BCUT2D eigenvalue weighted by Crippen LogP contribution is 2.29. The number of hydrogen-bond donors (Lipinski definition) is 2. The molecule has 4 aromatic rings. The fourth-order valence-electron chi connectivity index (χ4n) is 2.50. The maximum atomic E-state index is 12.5. The molecule has 2 N–H and O–H groups in total. The van der Waals surface area contributed by atoms with Gasteiger partial charge in [-0.05, 0) is 24.3 Å². The van der Waals surface area contributed by atoms with Crippen molar-refractivity contribution in [2.45, 2.75) is 12.7 Å². The van der Waals surface area contributed by atoms with E-state index in [-0.39, 0.29) is 17.9 Å². The minimum atomic E-state index is -4.72. The van der Waals surface area contributed by atoms with Gasteiger partial charge in [-0.15, -0.1) is 0 Å². The van der Waals surface area contributed by atoms with E-state index in [1.165, 1.54) is 24.3 Å². The first-order valence-corrected chi connectivity index (χ1v) is 8.51. The number of nitrogens with zero attached hydrogens (tertiary/aromatic N) is 5. The second kappa shape index (κ2) is 7.73. The number of benzene rings is 1. The zero-order chi connectivity index (χ0) is 21.1. The van der Waals surface area contributed by atoms with Crippen LogP contribution in [0, 0.1) is 0 Å². The average Bonchev–Trinajstić information content (AvgIpc) is 3.43. The molecule has 4 rings (SSSR count). The highest BCUT2D eigenvalue weighted by atomic mass is 19.4.